The Labute approximate surface area is 212 Å². The molecule has 0 unspecified atom stereocenters. The fraction of sp³-hybridized carbons (Fsp3) is 0.185. The van der Waals surface area contributed by atoms with Gasteiger partial charge in [-0.05, 0) is 42.5 Å². The Morgan fingerprint density at radius 2 is 1.92 bits per heavy atom. The zero-order chi connectivity index (χ0) is 25.4. The van der Waals surface area contributed by atoms with Gasteiger partial charge in [0.25, 0.3) is 0 Å². The number of Topliss-reactive ketones (excluding diaryl/α,β-unsaturated/α-hetero) is 1. The molecule has 0 aliphatic carbocycles. The Kier molecular flexibility index (Phi) is 5.78. The number of rotatable bonds is 4. The first-order valence-electron chi connectivity index (χ1n) is 11.9. The number of anilines is 3. The maximum absolute atomic E-state index is 13.3. The van der Waals surface area contributed by atoms with Gasteiger partial charge < -0.3 is 29.6 Å². The molecule has 0 radical (unpaired) electrons. The summed E-state index contributed by atoms with van der Waals surface area (Å²) in [5.41, 5.74) is 4.14. The number of pyridine rings is 2. The third-order valence-corrected chi connectivity index (χ3v) is 6.35. The Balaban J connectivity index is 1.27. The zero-order valence-electron chi connectivity index (χ0n) is 20.1. The number of nitrogens with one attached hydrogen (secondary N) is 2. The largest absolute Gasteiger partial charge is 0.452 e. The lowest BCUT2D eigenvalue weighted by molar-refractivity contribution is 0.101. The van der Waals surface area contributed by atoms with E-state index in [1.807, 2.05) is 23.9 Å². The molecule has 4 aromatic rings. The average molecular weight is 497 g/mol. The van der Waals surface area contributed by atoms with E-state index in [-0.39, 0.29) is 11.5 Å². The number of carbonyl (C=O) groups is 2. The maximum Gasteiger partial charge on any atom is 0.323 e. The second-order valence-electron chi connectivity index (χ2n) is 8.79. The minimum atomic E-state index is -0.436. The quantitative estimate of drug-likeness (QED) is 0.410. The van der Waals surface area contributed by atoms with Crippen LogP contribution in [0.2, 0.25) is 0 Å². The van der Waals surface area contributed by atoms with Gasteiger partial charge in [0, 0.05) is 55.4 Å². The number of aryl methyl sites for hydroxylation is 1. The molecule has 186 valence electrons. The van der Waals surface area contributed by atoms with Crippen molar-refractivity contribution in [1.82, 2.24) is 14.5 Å². The summed E-state index contributed by atoms with van der Waals surface area (Å²) in [4.78, 5) is 36.4. The van der Waals surface area contributed by atoms with E-state index >= 15 is 0 Å². The first-order chi connectivity index (χ1) is 18.1. The number of ether oxygens (including phenoxy) is 2. The Morgan fingerprint density at radius 1 is 1.08 bits per heavy atom. The molecule has 3 aromatic heterocycles. The second kappa shape index (κ2) is 9.40. The number of amides is 2. The van der Waals surface area contributed by atoms with Crippen LogP contribution in [-0.4, -0.2) is 52.7 Å². The zero-order valence-corrected chi connectivity index (χ0v) is 20.1. The minimum absolute atomic E-state index is 0.219. The number of hydrogen-bond acceptors (Lipinski definition) is 7. The predicted octanol–water partition coefficient (Wildman–Crippen LogP) is 4.07. The number of nitrogens with zero attached hydrogens (tertiary/aromatic N) is 4. The summed E-state index contributed by atoms with van der Waals surface area (Å²) < 4.78 is 13.4. The molecule has 6 rings (SSSR count). The van der Waals surface area contributed by atoms with Crippen molar-refractivity contribution in [1.29, 1.82) is 0 Å². The first kappa shape index (κ1) is 22.7. The molecule has 2 amide bonds. The van der Waals surface area contributed by atoms with Crippen LogP contribution in [-0.2, 0) is 11.8 Å². The molecule has 5 heterocycles. The molecule has 0 bridgehead atoms. The van der Waals surface area contributed by atoms with E-state index < -0.39 is 6.03 Å². The molecular formula is C27H24N6O4. The summed E-state index contributed by atoms with van der Waals surface area (Å²) in [5, 5.41) is 6.41. The molecule has 10 heteroatoms. The third-order valence-electron chi connectivity index (χ3n) is 6.35. The second-order valence-corrected chi connectivity index (χ2v) is 8.79. The smallest absolute Gasteiger partial charge is 0.323 e. The SMILES string of the molecule is Cn1cc(C=C2Oc3ccc(NC(=O)Nc4cccnc4)cc3C2=O)c2c(N3CCOCC3)ccnc21. The molecule has 10 nitrogen and oxygen atoms in total. The number of urea groups is 1. The minimum Gasteiger partial charge on any atom is -0.452 e. The van der Waals surface area contributed by atoms with E-state index in [0.717, 1.165) is 35.4 Å². The Hall–Kier alpha value is -4.70. The van der Waals surface area contributed by atoms with Gasteiger partial charge in [-0.3, -0.25) is 9.78 Å². The van der Waals surface area contributed by atoms with Gasteiger partial charge in [0.05, 0.1) is 36.3 Å². The van der Waals surface area contributed by atoms with Crippen molar-refractivity contribution < 1.29 is 19.1 Å². The van der Waals surface area contributed by atoms with Gasteiger partial charge in [-0.25, -0.2) is 9.78 Å². The van der Waals surface area contributed by atoms with Gasteiger partial charge in [0.1, 0.15) is 11.4 Å². The van der Waals surface area contributed by atoms with Crippen molar-refractivity contribution in [3.05, 3.63) is 78.1 Å². The van der Waals surface area contributed by atoms with Gasteiger partial charge in [-0.2, -0.15) is 0 Å². The summed E-state index contributed by atoms with van der Waals surface area (Å²) in [6, 6.07) is 10.0. The lowest BCUT2D eigenvalue weighted by atomic mass is 10.1. The molecule has 2 aliphatic rings. The molecule has 2 N–H and O–H groups in total. The molecule has 0 saturated carbocycles. The van der Waals surface area contributed by atoms with Crippen molar-refractivity contribution in [3.63, 3.8) is 0 Å². The maximum atomic E-state index is 13.3. The summed E-state index contributed by atoms with van der Waals surface area (Å²) in [5.74, 6) is 0.414. The van der Waals surface area contributed by atoms with Crippen molar-refractivity contribution in [2.24, 2.45) is 7.05 Å². The summed E-state index contributed by atoms with van der Waals surface area (Å²) in [7, 11) is 1.93. The van der Waals surface area contributed by atoms with Crippen molar-refractivity contribution in [2.45, 2.75) is 0 Å². The van der Waals surface area contributed by atoms with Crippen molar-refractivity contribution in [2.75, 3.05) is 41.8 Å². The van der Waals surface area contributed by atoms with Gasteiger partial charge in [-0.1, -0.05) is 0 Å². The standard InChI is InChI=1S/C27H24N6O4/c1-32-16-17(24-21(6-8-29-26(24)32)33-9-11-36-12-10-33)13-23-25(34)20-14-18(4-5-22(20)37-23)30-27(35)31-19-3-2-7-28-15-19/h2-8,13-16H,9-12H2,1H3,(H2,30,31,35). The topological polar surface area (TPSA) is 111 Å². The number of ketones is 1. The third kappa shape index (κ3) is 4.38. The summed E-state index contributed by atoms with van der Waals surface area (Å²) >= 11 is 0. The molecule has 1 aromatic carbocycles. The molecule has 1 saturated heterocycles. The van der Waals surface area contributed by atoms with Crippen LogP contribution in [0.1, 0.15) is 15.9 Å². The number of morpholine rings is 1. The van der Waals surface area contributed by atoms with Crippen LogP contribution < -0.4 is 20.3 Å². The van der Waals surface area contributed by atoms with E-state index in [1.54, 1.807) is 55.0 Å². The van der Waals surface area contributed by atoms with E-state index in [4.69, 9.17) is 9.47 Å². The van der Waals surface area contributed by atoms with Crippen LogP contribution in [0, 0.1) is 0 Å². The highest BCUT2D eigenvalue weighted by Crippen LogP contribution is 2.36. The van der Waals surface area contributed by atoms with Crippen LogP contribution in [0.3, 0.4) is 0 Å². The predicted molar refractivity (Wildman–Crippen MR) is 140 cm³/mol. The summed E-state index contributed by atoms with van der Waals surface area (Å²) in [6.07, 6.45) is 8.68. The fourth-order valence-corrected chi connectivity index (χ4v) is 4.63. The highest BCUT2D eigenvalue weighted by atomic mass is 16.5. The highest BCUT2D eigenvalue weighted by molar-refractivity contribution is 6.16. The van der Waals surface area contributed by atoms with Gasteiger partial charge in [0.15, 0.2) is 5.76 Å². The van der Waals surface area contributed by atoms with E-state index in [2.05, 4.69) is 25.5 Å². The monoisotopic (exact) mass is 496 g/mol. The Morgan fingerprint density at radius 3 is 2.73 bits per heavy atom. The van der Waals surface area contributed by atoms with Crippen LogP contribution >= 0.6 is 0 Å². The van der Waals surface area contributed by atoms with E-state index in [1.165, 1.54) is 0 Å². The summed E-state index contributed by atoms with van der Waals surface area (Å²) in [6.45, 7) is 2.91. The van der Waals surface area contributed by atoms with Crippen LogP contribution in [0.25, 0.3) is 17.1 Å². The molecular weight excluding hydrogens is 472 g/mol. The molecule has 2 aliphatic heterocycles. The van der Waals surface area contributed by atoms with Crippen molar-refractivity contribution >= 4 is 46.0 Å². The van der Waals surface area contributed by atoms with Crippen LogP contribution in [0.5, 0.6) is 5.75 Å². The normalized spacial score (nSPS) is 16.1. The van der Waals surface area contributed by atoms with Crippen molar-refractivity contribution in [3.8, 4) is 5.75 Å². The van der Waals surface area contributed by atoms with Crippen LogP contribution in [0.4, 0.5) is 21.9 Å². The number of hydrogen-bond donors (Lipinski definition) is 2. The molecule has 1 fully saturated rings. The Bertz CT molecular complexity index is 1540. The lowest BCUT2D eigenvalue weighted by Gasteiger charge is -2.29. The molecule has 0 spiro atoms. The van der Waals surface area contributed by atoms with Gasteiger partial charge >= 0.3 is 6.03 Å². The fourth-order valence-electron chi connectivity index (χ4n) is 4.63. The number of benzene rings is 1. The lowest BCUT2D eigenvalue weighted by Crippen LogP contribution is -2.36. The van der Waals surface area contributed by atoms with Crippen LogP contribution in [0.15, 0.2) is 66.9 Å². The van der Waals surface area contributed by atoms with E-state index in [9.17, 15) is 9.59 Å². The number of aromatic nitrogens is 3. The first-order valence-corrected chi connectivity index (χ1v) is 11.9. The number of fused-ring (bicyclic) bond motifs is 2. The number of carbonyl (C=O) groups excluding carboxylic acids is 2. The highest BCUT2D eigenvalue weighted by Gasteiger charge is 2.29. The molecule has 0 atom stereocenters. The number of allylic oxidation sites excluding steroid dienone is 1. The van der Waals surface area contributed by atoms with Gasteiger partial charge in [0.2, 0.25) is 5.78 Å². The molecule has 37 heavy (non-hydrogen) atoms. The van der Waals surface area contributed by atoms with Gasteiger partial charge in [-0.15, -0.1) is 0 Å². The van der Waals surface area contributed by atoms with E-state index in [0.29, 0.717) is 35.9 Å². The average Bonchev–Trinajstić information content (AvgIpc) is 3.41.